The Morgan fingerprint density at radius 2 is 2.00 bits per heavy atom. The Morgan fingerprint density at radius 3 is 2.69 bits per heavy atom. The second-order valence-electron chi connectivity index (χ2n) is 6.46. The quantitative estimate of drug-likeness (QED) is 0.626. The van der Waals surface area contributed by atoms with Crippen LogP contribution in [-0.2, 0) is 0 Å². The van der Waals surface area contributed by atoms with Crippen molar-refractivity contribution in [3.05, 3.63) is 71.8 Å². The summed E-state index contributed by atoms with van der Waals surface area (Å²) in [6, 6.07) is 13.3. The van der Waals surface area contributed by atoms with E-state index in [-0.39, 0.29) is 23.6 Å². The fraction of sp³-hybridized carbons (Fsp3) is 0.250. The maximum Gasteiger partial charge on any atom is 0.165 e. The molecule has 6 heteroatoms. The number of rotatable bonds is 6. The van der Waals surface area contributed by atoms with Gasteiger partial charge in [0, 0.05) is 17.5 Å². The molecule has 1 fully saturated rings. The maximum absolute atomic E-state index is 13.3. The lowest BCUT2D eigenvalue weighted by molar-refractivity contribution is 0.0967. The molecule has 1 aromatic heterocycles. The van der Waals surface area contributed by atoms with E-state index in [0.717, 1.165) is 18.4 Å². The second-order valence-corrected chi connectivity index (χ2v) is 6.46. The van der Waals surface area contributed by atoms with Crippen LogP contribution in [0.25, 0.3) is 5.69 Å². The number of carbonyl (C=O) groups excluding carboxylic acids is 1. The van der Waals surface area contributed by atoms with Gasteiger partial charge in [-0.25, -0.2) is 4.39 Å². The third-order valence-corrected chi connectivity index (χ3v) is 4.37. The van der Waals surface area contributed by atoms with Crippen LogP contribution in [-0.4, -0.2) is 20.8 Å². The highest BCUT2D eigenvalue weighted by molar-refractivity contribution is 5.99. The van der Waals surface area contributed by atoms with Gasteiger partial charge in [0.2, 0.25) is 0 Å². The molecule has 0 N–H and O–H groups in total. The topological polar surface area (TPSA) is 57.0 Å². The smallest absolute Gasteiger partial charge is 0.165 e. The molecule has 0 radical (unpaired) electrons. The van der Waals surface area contributed by atoms with Gasteiger partial charge in [-0.15, -0.1) is 5.10 Å². The molecule has 132 valence electrons. The first-order chi connectivity index (χ1) is 12.6. The summed E-state index contributed by atoms with van der Waals surface area (Å²) in [4.78, 5) is 13.4. The molecule has 0 bridgehead atoms. The van der Waals surface area contributed by atoms with Gasteiger partial charge in [0.25, 0.3) is 0 Å². The lowest BCUT2D eigenvalue weighted by atomic mass is 10.1. The number of aromatic nitrogens is 3. The largest absolute Gasteiger partial charge is 0.484 e. The van der Waals surface area contributed by atoms with E-state index in [2.05, 4.69) is 10.2 Å². The van der Waals surface area contributed by atoms with Crippen molar-refractivity contribution < 1.29 is 13.9 Å². The van der Waals surface area contributed by atoms with Crippen molar-refractivity contribution in [2.45, 2.75) is 25.9 Å². The summed E-state index contributed by atoms with van der Waals surface area (Å²) < 4.78 is 19.2. The van der Waals surface area contributed by atoms with Crippen molar-refractivity contribution in [3.63, 3.8) is 0 Å². The molecular formula is C20H18FN3O2. The molecule has 0 spiro atoms. The summed E-state index contributed by atoms with van der Waals surface area (Å²) in [5.74, 6) is 0.734. The van der Waals surface area contributed by atoms with E-state index in [9.17, 15) is 9.18 Å². The predicted molar refractivity (Wildman–Crippen MR) is 93.9 cm³/mol. The molecule has 0 amide bonds. The Balaban J connectivity index is 1.45. The second kappa shape index (κ2) is 6.71. The van der Waals surface area contributed by atoms with Gasteiger partial charge >= 0.3 is 0 Å². The number of Topliss-reactive ketones (excluding diaryl/α,β-unsaturated/α-hetero) is 1. The fourth-order valence-corrected chi connectivity index (χ4v) is 2.73. The van der Waals surface area contributed by atoms with Gasteiger partial charge in [-0.3, -0.25) is 4.79 Å². The van der Waals surface area contributed by atoms with Crippen molar-refractivity contribution >= 4 is 5.78 Å². The van der Waals surface area contributed by atoms with Crippen LogP contribution < -0.4 is 4.74 Å². The summed E-state index contributed by atoms with van der Waals surface area (Å²) in [6.45, 7) is 1.86. The number of ketones is 1. The molecule has 0 saturated heterocycles. The van der Waals surface area contributed by atoms with Crippen molar-refractivity contribution in [1.82, 2.24) is 15.0 Å². The van der Waals surface area contributed by atoms with E-state index in [0.29, 0.717) is 17.1 Å². The zero-order valence-corrected chi connectivity index (χ0v) is 14.3. The molecule has 1 aliphatic carbocycles. The van der Waals surface area contributed by atoms with Crippen LogP contribution in [0.2, 0.25) is 0 Å². The SMILES string of the molecule is CC(Oc1ccc(C(=O)C2CC2)cc1)c1cnn(-c2cccc(F)c2)n1. The first-order valence-electron chi connectivity index (χ1n) is 8.59. The number of benzene rings is 2. The van der Waals surface area contributed by atoms with Gasteiger partial charge < -0.3 is 4.74 Å². The van der Waals surface area contributed by atoms with Gasteiger partial charge in [0.05, 0.1) is 11.9 Å². The zero-order valence-electron chi connectivity index (χ0n) is 14.3. The van der Waals surface area contributed by atoms with Crippen LogP contribution in [0.15, 0.2) is 54.7 Å². The van der Waals surface area contributed by atoms with E-state index in [1.165, 1.54) is 16.9 Å². The average molecular weight is 351 g/mol. The number of hydrogen-bond acceptors (Lipinski definition) is 4. The minimum atomic E-state index is -0.341. The molecule has 2 aromatic carbocycles. The van der Waals surface area contributed by atoms with Crippen molar-refractivity contribution in [2.24, 2.45) is 5.92 Å². The molecule has 3 aromatic rings. The minimum absolute atomic E-state index is 0.207. The molecule has 1 aliphatic rings. The van der Waals surface area contributed by atoms with E-state index in [1.807, 2.05) is 6.92 Å². The van der Waals surface area contributed by atoms with Gasteiger partial charge in [-0.05, 0) is 56.2 Å². The minimum Gasteiger partial charge on any atom is -0.484 e. The highest BCUT2D eigenvalue weighted by Gasteiger charge is 2.30. The Bertz CT molecular complexity index is 932. The number of hydrogen-bond donors (Lipinski definition) is 0. The van der Waals surface area contributed by atoms with Crippen LogP contribution in [0, 0.1) is 11.7 Å². The van der Waals surface area contributed by atoms with Crippen molar-refractivity contribution in [3.8, 4) is 11.4 Å². The third kappa shape index (κ3) is 3.49. The zero-order chi connectivity index (χ0) is 18.1. The van der Waals surface area contributed by atoms with Crippen molar-refractivity contribution in [1.29, 1.82) is 0 Å². The first kappa shape index (κ1) is 16.4. The molecule has 1 heterocycles. The number of nitrogens with zero attached hydrogens (tertiary/aromatic N) is 3. The Kier molecular flexibility index (Phi) is 4.24. The first-order valence-corrected chi connectivity index (χ1v) is 8.59. The predicted octanol–water partition coefficient (Wildman–Crippen LogP) is 4.14. The molecule has 1 saturated carbocycles. The lowest BCUT2D eigenvalue weighted by Gasteiger charge is -2.12. The van der Waals surface area contributed by atoms with E-state index >= 15 is 0 Å². The molecule has 1 unspecified atom stereocenters. The molecule has 26 heavy (non-hydrogen) atoms. The number of ether oxygens (including phenoxy) is 1. The van der Waals surface area contributed by atoms with Gasteiger partial charge in [-0.2, -0.15) is 9.90 Å². The van der Waals surface area contributed by atoms with Gasteiger partial charge in [-0.1, -0.05) is 6.07 Å². The van der Waals surface area contributed by atoms with Crippen molar-refractivity contribution in [2.75, 3.05) is 0 Å². The van der Waals surface area contributed by atoms with E-state index in [1.54, 1.807) is 42.6 Å². The standard InChI is InChI=1S/C20H18FN3O2/c1-13(19-12-22-24(23-19)17-4-2-3-16(21)11-17)26-18-9-7-15(8-10-18)20(25)14-5-6-14/h2-4,7-14H,5-6H2,1H3. The fourth-order valence-electron chi connectivity index (χ4n) is 2.73. The van der Waals surface area contributed by atoms with E-state index < -0.39 is 0 Å². The van der Waals surface area contributed by atoms with Crippen LogP contribution in [0.5, 0.6) is 5.75 Å². The van der Waals surface area contributed by atoms with Crippen LogP contribution in [0.4, 0.5) is 4.39 Å². The summed E-state index contributed by atoms with van der Waals surface area (Å²) in [6.07, 6.45) is 3.26. The molecule has 0 aliphatic heterocycles. The highest BCUT2D eigenvalue weighted by atomic mass is 19.1. The summed E-state index contributed by atoms with van der Waals surface area (Å²) in [5.41, 5.74) is 1.91. The molecule has 5 nitrogen and oxygen atoms in total. The number of halogens is 1. The number of carbonyl (C=O) groups is 1. The normalized spacial score (nSPS) is 14.8. The molecule has 4 rings (SSSR count). The average Bonchev–Trinajstić information content (AvgIpc) is 3.38. The lowest BCUT2D eigenvalue weighted by Crippen LogP contribution is -2.06. The van der Waals surface area contributed by atoms with Gasteiger partial charge in [0.15, 0.2) is 5.78 Å². The summed E-state index contributed by atoms with van der Waals surface area (Å²) >= 11 is 0. The monoisotopic (exact) mass is 351 g/mol. The Labute approximate surface area is 150 Å². The maximum atomic E-state index is 13.3. The van der Waals surface area contributed by atoms with E-state index in [4.69, 9.17) is 4.74 Å². The highest BCUT2D eigenvalue weighted by Crippen LogP contribution is 2.33. The third-order valence-electron chi connectivity index (χ3n) is 4.37. The Hall–Kier alpha value is -3.02. The molecule has 1 atom stereocenters. The molecular weight excluding hydrogens is 333 g/mol. The van der Waals surface area contributed by atoms with Crippen LogP contribution in [0.3, 0.4) is 0 Å². The van der Waals surface area contributed by atoms with Crippen LogP contribution in [0.1, 0.15) is 41.9 Å². The van der Waals surface area contributed by atoms with Crippen LogP contribution >= 0.6 is 0 Å². The Morgan fingerprint density at radius 1 is 1.23 bits per heavy atom. The summed E-state index contributed by atoms with van der Waals surface area (Å²) in [7, 11) is 0. The van der Waals surface area contributed by atoms with Gasteiger partial charge in [0.1, 0.15) is 23.4 Å². The summed E-state index contributed by atoms with van der Waals surface area (Å²) in [5, 5.41) is 8.52.